The third kappa shape index (κ3) is 7.81. The van der Waals surface area contributed by atoms with Crippen molar-refractivity contribution in [3.8, 4) is 0 Å². The summed E-state index contributed by atoms with van der Waals surface area (Å²) in [7, 11) is 0. The summed E-state index contributed by atoms with van der Waals surface area (Å²) in [6.07, 6.45) is 0.161. The van der Waals surface area contributed by atoms with Crippen molar-refractivity contribution in [2.24, 2.45) is 0 Å². The maximum atomic E-state index is 12.3. The van der Waals surface area contributed by atoms with Gasteiger partial charge in [0.1, 0.15) is 0 Å². The van der Waals surface area contributed by atoms with Gasteiger partial charge in [-0.2, -0.15) is 0 Å². The SMILES string of the molecule is CCN(CC(=O)NC(C)C)C(=O)CCNC(=O)c1ccc(C(C)(C)C)cc1. The van der Waals surface area contributed by atoms with E-state index >= 15 is 0 Å². The molecule has 0 aliphatic carbocycles. The van der Waals surface area contributed by atoms with Crippen LogP contribution in [0.4, 0.5) is 0 Å². The predicted octanol–water partition coefficient (Wildman–Crippen LogP) is 2.48. The van der Waals surface area contributed by atoms with Crippen LogP contribution in [0.3, 0.4) is 0 Å². The molecule has 0 aromatic heterocycles. The van der Waals surface area contributed by atoms with Crippen LogP contribution in [0.1, 0.15) is 63.9 Å². The van der Waals surface area contributed by atoms with Gasteiger partial charge in [0, 0.05) is 31.1 Å². The van der Waals surface area contributed by atoms with E-state index in [9.17, 15) is 14.4 Å². The van der Waals surface area contributed by atoms with Crippen LogP contribution in [0.25, 0.3) is 0 Å². The summed E-state index contributed by atoms with van der Waals surface area (Å²) in [5.74, 6) is -0.535. The maximum absolute atomic E-state index is 12.3. The number of hydrogen-bond acceptors (Lipinski definition) is 3. The van der Waals surface area contributed by atoms with Gasteiger partial charge in [0.15, 0.2) is 0 Å². The fourth-order valence-corrected chi connectivity index (χ4v) is 2.58. The minimum Gasteiger partial charge on any atom is -0.352 e. The van der Waals surface area contributed by atoms with E-state index in [0.717, 1.165) is 5.56 Å². The molecule has 0 aliphatic heterocycles. The Kier molecular flexibility index (Phi) is 8.47. The predicted molar refractivity (Wildman–Crippen MR) is 108 cm³/mol. The Morgan fingerprint density at radius 3 is 2.15 bits per heavy atom. The third-order valence-electron chi connectivity index (χ3n) is 4.16. The number of amides is 3. The van der Waals surface area contributed by atoms with Crippen LogP contribution in [-0.4, -0.2) is 48.3 Å². The summed E-state index contributed by atoms with van der Waals surface area (Å²) in [5.41, 5.74) is 1.76. The van der Waals surface area contributed by atoms with E-state index in [0.29, 0.717) is 12.1 Å². The van der Waals surface area contributed by atoms with Crippen LogP contribution < -0.4 is 10.6 Å². The van der Waals surface area contributed by atoms with Gasteiger partial charge in [-0.05, 0) is 43.9 Å². The van der Waals surface area contributed by atoms with E-state index in [1.54, 1.807) is 12.1 Å². The first-order valence-corrected chi connectivity index (χ1v) is 9.50. The molecule has 1 aromatic carbocycles. The normalized spacial score (nSPS) is 11.2. The molecule has 6 nitrogen and oxygen atoms in total. The van der Waals surface area contributed by atoms with Crippen molar-refractivity contribution in [2.45, 2.75) is 59.4 Å². The Bertz CT molecular complexity index is 646. The summed E-state index contributed by atoms with van der Waals surface area (Å²) in [5, 5.41) is 5.54. The minimum absolute atomic E-state index is 0.0346. The fraction of sp³-hybridized carbons (Fsp3) is 0.571. The molecule has 0 heterocycles. The van der Waals surface area contributed by atoms with Crippen molar-refractivity contribution < 1.29 is 14.4 Å². The summed E-state index contributed by atoms with van der Waals surface area (Å²) in [6.45, 7) is 12.7. The number of carbonyl (C=O) groups excluding carboxylic acids is 3. The Morgan fingerprint density at radius 1 is 1.07 bits per heavy atom. The fourth-order valence-electron chi connectivity index (χ4n) is 2.58. The summed E-state index contributed by atoms with van der Waals surface area (Å²) in [6, 6.07) is 7.53. The van der Waals surface area contributed by atoms with Crippen LogP contribution >= 0.6 is 0 Å². The highest BCUT2D eigenvalue weighted by molar-refractivity contribution is 5.94. The highest BCUT2D eigenvalue weighted by Crippen LogP contribution is 2.22. The highest BCUT2D eigenvalue weighted by atomic mass is 16.2. The van der Waals surface area contributed by atoms with E-state index in [1.165, 1.54) is 4.90 Å². The van der Waals surface area contributed by atoms with Gasteiger partial charge in [0.2, 0.25) is 11.8 Å². The number of benzene rings is 1. The number of likely N-dealkylation sites (N-methyl/N-ethyl adjacent to an activating group) is 1. The maximum Gasteiger partial charge on any atom is 0.251 e. The lowest BCUT2D eigenvalue weighted by Crippen LogP contribution is -2.43. The molecule has 0 radical (unpaired) electrons. The third-order valence-corrected chi connectivity index (χ3v) is 4.16. The summed E-state index contributed by atoms with van der Waals surface area (Å²) >= 11 is 0. The molecule has 0 unspecified atom stereocenters. The molecule has 0 spiro atoms. The lowest BCUT2D eigenvalue weighted by atomic mass is 9.87. The zero-order valence-electron chi connectivity index (χ0n) is 17.4. The second-order valence-electron chi connectivity index (χ2n) is 7.96. The van der Waals surface area contributed by atoms with E-state index in [2.05, 4.69) is 31.4 Å². The van der Waals surface area contributed by atoms with Crippen LogP contribution in [0.5, 0.6) is 0 Å². The van der Waals surface area contributed by atoms with Crippen LogP contribution in [0.2, 0.25) is 0 Å². The molecule has 2 N–H and O–H groups in total. The summed E-state index contributed by atoms with van der Waals surface area (Å²) in [4.78, 5) is 37.8. The van der Waals surface area contributed by atoms with Gasteiger partial charge in [-0.15, -0.1) is 0 Å². The monoisotopic (exact) mass is 375 g/mol. The lowest BCUT2D eigenvalue weighted by molar-refractivity contribution is -0.135. The van der Waals surface area contributed by atoms with E-state index in [1.807, 2.05) is 32.9 Å². The Labute approximate surface area is 162 Å². The molecule has 0 atom stereocenters. The standard InChI is InChI=1S/C21H33N3O3/c1-7-24(14-18(25)23-15(2)3)19(26)12-13-22-20(27)16-8-10-17(11-9-16)21(4,5)6/h8-11,15H,7,12-14H2,1-6H3,(H,22,27)(H,23,25). The van der Waals surface area contributed by atoms with Crippen LogP contribution in [0, 0.1) is 0 Å². The number of carbonyl (C=O) groups is 3. The number of rotatable bonds is 8. The smallest absolute Gasteiger partial charge is 0.251 e. The van der Waals surface area contributed by atoms with Crippen molar-refractivity contribution in [1.82, 2.24) is 15.5 Å². The zero-order valence-corrected chi connectivity index (χ0v) is 17.4. The van der Waals surface area contributed by atoms with Crippen molar-refractivity contribution >= 4 is 17.7 Å². The lowest BCUT2D eigenvalue weighted by Gasteiger charge is -2.21. The Hall–Kier alpha value is -2.37. The molecule has 0 saturated heterocycles. The average molecular weight is 376 g/mol. The molecule has 3 amide bonds. The van der Waals surface area contributed by atoms with Gasteiger partial charge >= 0.3 is 0 Å². The molecule has 0 fully saturated rings. The molecule has 0 saturated carbocycles. The molecule has 150 valence electrons. The Morgan fingerprint density at radius 2 is 1.67 bits per heavy atom. The van der Waals surface area contributed by atoms with Gasteiger partial charge in [-0.3, -0.25) is 14.4 Å². The second-order valence-corrected chi connectivity index (χ2v) is 7.96. The number of nitrogens with one attached hydrogen (secondary N) is 2. The highest BCUT2D eigenvalue weighted by Gasteiger charge is 2.17. The topological polar surface area (TPSA) is 78.5 Å². The van der Waals surface area contributed by atoms with Gasteiger partial charge < -0.3 is 15.5 Å². The van der Waals surface area contributed by atoms with Gasteiger partial charge in [0.25, 0.3) is 5.91 Å². The quantitative estimate of drug-likeness (QED) is 0.733. The molecular formula is C21H33N3O3. The van der Waals surface area contributed by atoms with Gasteiger partial charge in [-0.1, -0.05) is 32.9 Å². The number of nitrogens with zero attached hydrogens (tertiary/aromatic N) is 1. The van der Waals surface area contributed by atoms with Crippen LogP contribution in [0.15, 0.2) is 24.3 Å². The molecule has 1 aromatic rings. The first kappa shape index (κ1) is 22.7. The Balaban J connectivity index is 2.49. The number of hydrogen-bond donors (Lipinski definition) is 2. The van der Waals surface area contributed by atoms with E-state index < -0.39 is 0 Å². The molecular weight excluding hydrogens is 342 g/mol. The average Bonchev–Trinajstić information content (AvgIpc) is 2.58. The van der Waals surface area contributed by atoms with Crippen LogP contribution in [-0.2, 0) is 15.0 Å². The van der Waals surface area contributed by atoms with E-state index in [-0.39, 0.29) is 48.7 Å². The van der Waals surface area contributed by atoms with Crippen molar-refractivity contribution in [1.29, 1.82) is 0 Å². The first-order valence-electron chi connectivity index (χ1n) is 9.50. The second kappa shape index (κ2) is 10.1. The minimum atomic E-state index is -0.205. The van der Waals surface area contributed by atoms with Crippen molar-refractivity contribution in [3.63, 3.8) is 0 Å². The molecule has 0 aliphatic rings. The molecule has 1 rings (SSSR count). The van der Waals surface area contributed by atoms with Crippen molar-refractivity contribution in [2.75, 3.05) is 19.6 Å². The van der Waals surface area contributed by atoms with Gasteiger partial charge in [-0.25, -0.2) is 0 Å². The molecule has 6 heteroatoms. The summed E-state index contributed by atoms with van der Waals surface area (Å²) < 4.78 is 0. The largest absolute Gasteiger partial charge is 0.352 e. The van der Waals surface area contributed by atoms with Gasteiger partial charge in [0.05, 0.1) is 6.54 Å². The van der Waals surface area contributed by atoms with E-state index in [4.69, 9.17) is 0 Å². The molecule has 27 heavy (non-hydrogen) atoms. The zero-order chi connectivity index (χ0) is 20.6. The van der Waals surface area contributed by atoms with Crippen molar-refractivity contribution in [3.05, 3.63) is 35.4 Å². The molecule has 0 bridgehead atoms. The first-order chi connectivity index (χ1) is 12.5.